The SMILES string of the molecule is O=C(O)C1CCC(OCC23CC4CC(CC(C4)C2)C3)CC1. The van der Waals surface area contributed by atoms with Crippen molar-refractivity contribution in [3.05, 3.63) is 0 Å². The Morgan fingerprint density at radius 2 is 1.48 bits per heavy atom. The first-order valence-electron chi connectivity index (χ1n) is 8.96. The van der Waals surface area contributed by atoms with Gasteiger partial charge in [-0.25, -0.2) is 0 Å². The van der Waals surface area contributed by atoms with Crippen molar-refractivity contribution >= 4 is 5.97 Å². The van der Waals surface area contributed by atoms with Crippen molar-refractivity contribution in [1.82, 2.24) is 0 Å². The molecule has 0 radical (unpaired) electrons. The highest BCUT2D eigenvalue weighted by Crippen LogP contribution is 2.60. The largest absolute Gasteiger partial charge is 0.481 e. The third-order valence-electron chi connectivity index (χ3n) is 6.81. The average Bonchev–Trinajstić information content (AvgIpc) is 2.44. The Kier molecular flexibility index (Phi) is 3.52. The lowest BCUT2D eigenvalue weighted by molar-refractivity contribution is -0.145. The molecule has 3 heteroatoms. The minimum Gasteiger partial charge on any atom is -0.481 e. The van der Waals surface area contributed by atoms with Crippen LogP contribution >= 0.6 is 0 Å². The predicted molar refractivity (Wildman–Crippen MR) is 79.9 cm³/mol. The number of rotatable bonds is 4. The molecule has 5 saturated carbocycles. The number of hydrogen-bond acceptors (Lipinski definition) is 2. The topological polar surface area (TPSA) is 46.5 Å². The minimum absolute atomic E-state index is 0.121. The molecule has 0 unspecified atom stereocenters. The smallest absolute Gasteiger partial charge is 0.306 e. The summed E-state index contributed by atoms with van der Waals surface area (Å²) in [6.45, 7) is 0.957. The van der Waals surface area contributed by atoms with Crippen LogP contribution in [0.2, 0.25) is 0 Å². The molecule has 0 saturated heterocycles. The number of ether oxygens (including phenoxy) is 1. The van der Waals surface area contributed by atoms with Crippen LogP contribution in [0, 0.1) is 29.1 Å². The fraction of sp³-hybridized carbons (Fsp3) is 0.944. The Hall–Kier alpha value is -0.570. The van der Waals surface area contributed by atoms with Gasteiger partial charge in [0.2, 0.25) is 0 Å². The quantitative estimate of drug-likeness (QED) is 0.855. The van der Waals surface area contributed by atoms with Gasteiger partial charge in [-0.3, -0.25) is 4.79 Å². The van der Waals surface area contributed by atoms with E-state index in [4.69, 9.17) is 9.84 Å². The highest BCUT2D eigenvalue weighted by Gasteiger charge is 2.51. The van der Waals surface area contributed by atoms with E-state index in [1.54, 1.807) is 0 Å². The Bertz CT molecular complexity index is 373. The minimum atomic E-state index is -0.616. The predicted octanol–water partition coefficient (Wildman–Crippen LogP) is 3.86. The van der Waals surface area contributed by atoms with Crippen molar-refractivity contribution in [3.8, 4) is 0 Å². The monoisotopic (exact) mass is 292 g/mol. The Balaban J connectivity index is 1.30. The molecule has 0 amide bonds. The average molecular weight is 292 g/mol. The maximum atomic E-state index is 11.0. The fourth-order valence-electron chi connectivity index (χ4n) is 6.24. The van der Waals surface area contributed by atoms with Gasteiger partial charge in [0.1, 0.15) is 0 Å². The Morgan fingerprint density at radius 1 is 0.952 bits per heavy atom. The van der Waals surface area contributed by atoms with Gasteiger partial charge in [0.15, 0.2) is 0 Å². The second-order valence-electron chi connectivity index (χ2n) is 8.54. The summed E-state index contributed by atoms with van der Waals surface area (Å²) < 4.78 is 6.30. The summed E-state index contributed by atoms with van der Waals surface area (Å²) in [5.74, 6) is 2.23. The van der Waals surface area contributed by atoms with Crippen molar-refractivity contribution in [1.29, 1.82) is 0 Å². The van der Waals surface area contributed by atoms with Crippen molar-refractivity contribution in [3.63, 3.8) is 0 Å². The normalized spacial score (nSPS) is 48.5. The summed E-state index contributed by atoms with van der Waals surface area (Å²) in [5.41, 5.74) is 0.498. The molecule has 0 spiro atoms. The van der Waals surface area contributed by atoms with Crippen molar-refractivity contribution in [2.45, 2.75) is 70.3 Å². The van der Waals surface area contributed by atoms with Crippen molar-refractivity contribution in [2.75, 3.05) is 6.61 Å². The van der Waals surface area contributed by atoms with Crippen LogP contribution in [-0.2, 0) is 9.53 Å². The van der Waals surface area contributed by atoms with E-state index in [-0.39, 0.29) is 5.92 Å². The van der Waals surface area contributed by atoms with Gasteiger partial charge in [-0.15, -0.1) is 0 Å². The second-order valence-corrected chi connectivity index (χ2v) is 8.54. The zero-order valence-electron chi connectivity index (χ0n) is 12.9. The number of aliphatic carboxylic acids is 1. The molecule has 0 aromatic rings. The molecule has 0 atom stereocenters. The molecule has 21 heavy (non-hydrogen) atoms. The van der Waals surface area contributed by atoms with Crippen LogP contribution in [0.3, 0.4) is 0 Å². The fourth-order valence-corrected chi connectivity index (χ4v) is 6.24. The lowest BCUT2D eigenvalue weighted by Gasteiger charge is -2.57. The van der Waals surface area contributed by atoms with E-state index in [9.17, 15) is 4.79 Å². The summed E-state index contributed by atoms with van der Waals surface area (Å²) in [7, 11) is 0. The van der Waals surface area contributed by atoms with E-state index in [0.717, 1.165) is 50.0 Å². The Labute approximate surface area is 127 Å². The molecule has 3 nitrogen and oxygen atoms in total. The third kappa shape index (κ3) is 2.74. The van der Waals surface area contributed by atoms with E-state index in [1.807, 2.05) is 0 Å². The molecule has 5 aliphatic carbocycles. The highest BCUT2D eigenvalue weighted by molar-refractivity contribution is 5.70. The number of carbonyl (C=O) groups is 1. The summed E-state index contributed by atoms with van der Waals surface area (Å²) in [5, 5.41) is 9.07. The van der Waals surface area contributed by atoms with Crippen LogP contribution in [0.4, 0.5) is 0 Å². The lowest BCUT2D eigenvalue weighted by atomic mass is 9.50. The van der Waals surface area contributed by atoms with Gasteiger partial charge in [-0.2, -0.15) is 0 Å². The summed E-state index contributed by atoms with van der Waals surface area (Å²) >= 11 is 0. The first-order valence-corrected chi connectivity index (χ1v) is 8.96. The molecule has 0 aromatic carbocycles. The number of hydrogen-bond donors (Lipinski definition) is 1. The van der Waals surface area contributed by atoms with E-state index < -0.39 is 5.97 Å². The zero-order chi connectivity index (χ0) is 14.4. The van der Waals surface area contributed by atoms with Gasteiger partial charge in [0.25, 0.3) is 0 Å². The van der Waals surface area contributed by atoms with E-state index in [1.165, 1.54) is 38.5 Å². The third-order valence-corrected chi connectivity index (χ3v) is 6.81. The van der Waals surface area contributed by atoms with Gasteiger partial charge >= 0.3 is 5.97 Å². The second kappa shape index (κ2) is 5.26. The molecule has 0 aliphatic heterocycles. The maximum Gasteiger partial charge on any atom is 0.306 e. The van der Waals surface area contributed by atoms with Crippen LogP contribution in [0.1, 0.15) is 64.2 Å². The first-order chi connectivity index (χ1) is 10.1. The molecule has 5 rings (SSSR count). The molecule has 0 aromatic heterocycles. The van der Waals surface area contributed by atoms with Gasteiger partial charge in [0.05, 0.1) is 18.6 Å². The van der Waals surface area contributed by atoms with Gasteiger partial charge < -0.3 is 9.84 Å². The van der Waals surface area contributed by atoms with Gasteiger partial charge in [0, 0.05) is 0 Å². The van der Waals surface area contributed by atoms with E-state index >= 15 is 0 Å². The molecule has 0 heterocycles. The van der Waals surface area contributed by atoms with Crippen molar-refractivity contribution in [2.24, 2.45) is 29.1 Å². The standard InChI is InChI=1S/C18H28O3/c19-17(20)15-1-3-16(4-2-15)21-11-18-8-12-5-13(9-18)7-14(6-12)10-18/h12-16H,1-11H2,(H,19,20). The van der Waals surface area contributed by atoms with Crippen LogP contribution < -0.4 is 0 Å². The molecular weight excluding hydrogens is 264 g/mol. The molecule has 5 aliphatic rings. The van der Waals surface area contributed by atoms with Crippen molar-refractivity contribution < 1.29 is 14.6 Å². The molecule has 1 N–H and O–H groups in total. The van der Waals surface area contributed by atoms with Crippen LogP contribution in [-0.4, -0.2) is 23.8 Å². The highest BCUT2D eigenvalue weighted by atomic mass is 16.5. The molecule has 5 fully saturated rings. The zero-order valence-corrected chi connectivity index (χ0v) is 12.9. The lowest BCUT2D eigenvalue weighted by Crippen LogP contribution is -2.48. The van der Waals surface area contributed by atoms with Gasteiger partial charge in [-0.1, -0.05) is 0 Å². The van der Waals surface area contributed by atoms with Gasteiger partial charge in [-0.05, 0) is 87.4 Å². The molecule has 118 valence electrons. The number of carboxylic acids is 1. The first kappa shape index (κ1) is 14.0. The van der Waals surface area contributed by atoms with Crippen LogP contribution in [0.5, 0.6) is 0 Å². The summed E-state index contributed by atoms with van der Waals surface area (Å²) in [6.07, 6.45) is 12.5. The maximum absolute atomic E-state index is 11.0. The van der Waals surface area contributed by atoms with Crippen LogP contribution in [0.15, 0.2) is 0 Å². The molecule has 4 bridgehead atoms. The summed E-state index contributed by atoms with van der Waals surface area (Å²) in [4.78, 5) is 11.0. The number of carboxylic acid groups (broad SMARTS) is 1. The summed E-state index contributed by atoms with van der Waals surface area (Å²) in [6, 6.07) is 0. The van der Waals surface area contributed by atoms with E-state index in [2.05, 4.69) is 0 Å². The van der Waals surface area contributed by atoms with Crippen LogP contribution in [0.25, 0.3) is 0 Å². The van der Waals surface area contributed by atoms with E-state index in [0.29, 0.717) is 11.5 Å². The molecular formula is C18H28O3. The Morgan fingerprint density at radius 3 is 1.95 bits per heavy atom.